The van der Waals surface area contributed by atoms with Gasteiger partial charge >= 0.3 is 5.97 Å². The van der Waals surface area contributed by atoms with Crippen LogP contribution in [0, 0.1) is 5.92 Å². The van der Waals surface area contributed by atoms with E-state index >= 15 is 0 Å². The highest BCUT2D eigenvalue weighted by atomic mass is 35.5. The van der Waals surface area contributed by atoms with Crippen LogP contribution in [0.25, 0.3) is 0 Å². The second kappa shape index (κ2) is 6.33. The molecule has 6 heteroatoms. The molecule has 1 aliphatic rings. The first-order valence-electron chi connectivity index (χ1n) is 6.49. The summed E-state index contributed by atoms with van der Waals surface area (Å²) >= 11 is 6.14. The van der Waals surface area contributed by atoms with E-state index in [0.29, 0.717) is 29.0 Å². The summed E-state index contributed by atoms with van der Waals surface area (Å²) in [6, 6.07) is 2.44. The van der Waals surface area contributed by atoms with Crippen molar-refractivity contribution in [2.45, 2.75) is 25.3 Å². The maximum atomic E-state index is 10.8. The lowest BCUT2D eigenvalue weighted by atomic mass is 10.1. The van der Waals surface area contributed by atoms with Gasteiger partial charge in [-0.05, 0) is 42.9 Å². The zero-order valence-corrected chi connectivity index (χ0v) is 12.0. The van der Waals surface area contributed by atoms with Crippen LogP contribution in [-0.2, 0) is 11.2 Å². The summed E-state index contributed by atoms with van der Waals surface area (Å²) in [7, 11) is 1.52. The van der Waals surface area contributed by atoms with Crippen LogP contribution in [0.4, 0.5) is 0 Å². The predicted molar refractivity (Wildman–Crippen MR) is 75.5 cm³/mol. The average molecular weight is 300 g/mol. The molecule has 1 fully saturated rings. The van der Waals surface area contributed by atoms with Crippen LogP contribution < -0.4 is 15.2 Å². The first-order chi connectivity index (χ1) is 9.51. The molecule has 2 rings (SSSR count). The minimum atomic E-state index is -1.04. The molecule has 0 aromatic heterocycles. The van der Waals surface area contributed by atoms with Gasteiger partial charge in [0.25, 0.3) is 0 Å². The van der Waals surface area contributed by atoms with Gasteiger partial charge in [-0.2, -0.15) is 0 Å². The minimum Gasteiger partial charge on any atom is -0.491 e. The Kier molecular flexibility index (Phi) is 4.73. The highest BCUT2D eigenvalue weighted by Gasteiger charge is 2.23. The molecular formula is C14H18ClNO4. The first kappa shape index (κ1) is 14.9. The van der Waals surface area contributed by atoms with Crippen molar-refractivity contribution in [1.29, 1.82) is 0 Å². The summed E-state index contributed by atoms with van der Waals surface area (Å²) in [6.45, 7) is 0.626. The van der Waals surface area contributed by atoms with E-state index in [4.69, 9.17) is 31.9 Å². The summed E-state index contributed by atoms with van der Waals surface area (Å²) in [5, 5.41) is 9.25. The predicted octanol–water partition coefficient (Wildman–Crippen LogP) is 2.09. The molecule has 0 saturated heterocycles. The van der Waals surface area contributed by atoms with Gasteiger partial charge in [0.15, 0.2) is 11.5 Å². The van der Waals surface area contributed by atoms with Crippen LogP contribution in [0.15, 0.2) is 12.1 Å². The highest BCUT2D eigenvalue weighted by Crippen LogP contribution is 2.38. The molecule has 110 valence electrons. The Balaban J connectivity index is 2.17. The SMILES string of the molecule is COc1c(Cl)cc(CC(N)C(=O)O)cc1OCC1CC1. The van der Waals surface area contributed by atoms with Crippen LogP contribution in [-0.4, -0.2) is 30.8 Å². The van der Waals surface area contributed by atoms with Crippen molar-refractivity contribution in [2.75, 3.05) is 13.7 Å². The number of halogens is 1. The summed E-state index contributed by atoms with van der Waals surface area (Å²) < 4.78 is 10.9. The Labute approximate surface area is 122 Å². The van der Waals surface area contributed by atoms with E-state index in [1.807, 2.05) is 0 Å². The molecule has 0 radical (unpaired) electrons. The summed E-state index contributed by atoms with van der Waals surface area (Å²) in [5.41, 5.74) is 6.26. The minimum absolute atomic E-state index is 0.193. The van der Waals surface area contributed by atoms with Crippen molar-refractivity contribution in [3.8, 4) is 11.5 Å². The molecule has 1 aromatic rings. The largest absolute Gasteiger partial charge is 0.491 e. The topological polar surface area (TPSA) is 81.8 Å². The number of methoxy groups -OCH3 is 1. The summed E-state index contributed by atoms with van der Waals surface area (Å²) in [4.78, 5) is 10.8. The number of carbonyl (C=O) groups is 1. The molecule has 0 amide bonds. The lowest BCUT2D eigenvalue weighted by molar-refractivity contribution is -0.138. The van der Waals surface area contributed by atoms with Crippen LogP contribution in [0.2, 0.25) is 5.02 Å². The quantitative estimate of drug-likeness (QED) is 0.805. The third-order valence-electron chi connectivity index (χ3n) is 3.22. The fourth-order valence-corrected chi connectivity index (χ4v) is 2.19. The van der Waals surface area contributed by atoms with E-state index in [1.54, 1.807) is 12.1 Å². The van der Waals surface area contributed by atoms with Gasteiger partial charge in [-0.1, -0.05) is 11.6 Å². The van der Waals surface area contributed by atoms with Crippen molar-refractivity contribution in [3.05, 3.63) is 22.7 Å². The number of nitrogens with two attached hydrogens (primary N) is 1. The number of hydrogen-bond donors (Lipinski definition) is 2. The Morgan fingerprint density at radius 1 is 1.55 bits per heavy atom. The van der Waals surface area contributed by atoms with E-state index in [1.165, 1.54) is 20.0 Å². The number of hydrogen-bond acceptors (Lipinski definition) is 4. The first-order valence-corrected chi connectivity index (χ1v) is 6.86. The van der Waals surface area contributed by atoms with Gasteiger partial charge in [0.1, 0.15) is 6.04 Å². The number of ether oxygens (including phenoxy) is 2. The van der Waals surface area contributed by atoms with Crippen LogP contribution in [0.1, 0.15) is 18.4 Å². The number of carboxylic acid groups (broad SMARTS) is 1. The molecule has 20 heavy (non-hydrogen) atoms. The monoisotopic (exact) mass is 299 g/mol. The van der Waals surface area contributed by atoms with Crippen molar-refractivity contribution in [2.24, 2.45) is 11.7 Å². The summed E-state index contributed by atoms with van der Waals surface area (Å²) in [6.07, 6.45) is 2.55. The van der Waals surface area contributed by atoms with Gasteiger partial charge in [-0.25, -0.2) is 0 Å². The normalized spacial score (nSPS) is 15.8. The van der Waals surface area contributed by atoms with Gasteiger partial charge in [0.05, 0.1) is 18.7 Å². The van der Waals surface area contributed by atoms with Crippen molar-refractivity contribution < 1.29 is 19.4 Å². The van der Waals surface area contributed by atoms with Gasteiger partial charge < -0.3 is 20.3 Å². The molecule has 3 N–H and O–H groups in total. The van der Waals surface area contributed by atoms with E-state index in [2.05, 4.69) is 0 Å². The molecule has 0 heterocycles. The molecule has 1 saturated carbocycles. The Hall–Kier alpha value is -1.46. The highest BCUT2D eigenvalue weighted by molar-refractivity contribution is 6.32. The number of carboxylic acids is 1. The van der Waals surface area contributed by atoms with Crippen molar-refractivity contribution in [3.63, 3.8) is 0 Å². The number of benzene rings is 1. The molecule has 1 unspecified atom stereocenters. The van der Waals surface area contributed by atoms with E-state index < -0.39 is 12.0 Å². The second-order valence-corrected chi connectivity index (χ2v) is 5.42. The van der Waals surface area contributed by atoms with Gasteiger partial charge in [-0.3, -0.25) is 4.79 Å². The molecule has 0 spiro atoms. The fourth-order valence-electron chi connectivity index (χ4n) is 1.88. The molecule has 5 nitrogen and oxygen atoms in total. The number of rotatable bonds is 7. The van der Waals surface area contributed by atoms with E-state index in [9.17, 15) is 4.79 Å². The molecule has 1 atom stereocenters. The Bertz CT molecular complexity index is 502. The van der Waals surface area contributed by atoms with E-state index in [-0.39, 0.29) is 6.42 Å². The molecule has 0 aliphatic heterocycles. The molecule has 1 aliphatic carbocycles. The Morgan fingerprint density at radius 3 is 2.80 bits per heavy atom. The van der Waals surface area contributed by atoms with Crippen LogP contribution in [0.5, 0.6) is 11.5 Å². The van der Waals surface area contributed by atoms with Gasteiger partial charge in [0, 0.05) is 0 Å². The maximum Gasteiger partial charge on any atom is 0.320 e. The number of aliphatic carboxylic acids is 1. The molecular weight excluding hydrogens is 282 g/mol. The van der Waals surface area contributed by atoms with Crippen LogP contribution >= 0.6 is 11.6 Å². The molecule has 0 bridgehead atoms. The van der Waals surface area contributed by atoms with E-state index in [0.717, 1.165) is 5.56 Å². The zero-order valence-electron chi connectivity index (χ0n) is 11.3. The molecule has 1 aromatic carbocycles. The fraction of sp³-hybridized carbons (Fsp3) is 0.500. The smallest absolute Gasteiger partial charge is 0.320 e. The van der Waals surface area contributed by atoms with Crippen molar-refractivity contribution in [1.82, 2.24) is 0 Å². The lowest BCUT2D eigenvalue weighted by Gasteiger charge is -2.15. The van der Waals surface area contributed by atoms with Crippen LogP contribution in [0.3, 0.4) is 0 Å². The maximum absolute atomic E-state index is 10.8. The summed E-state index contributed by atoms with van der Waals surface area (Å²) in [5.74, 6) is 0.570. The lowest BCUT2D eigenvalue weighted by Crippen LogP contribution is -2.32. The van der Waals surface area contributed by atoms with Gasteiger partial charge in [0.2, 0.25) is 0 Å². The average Bonchev–Trinajstić information content (AvgIpc) is 3.19. The zero-order chi connectivity index (χ0) is 14.7. The van der Waals surface area contributed by atoms with Gasteiger partial charge in [-0.15, -0.1) is 0 Å². The standard InChI is InChI=1S/C14H18ClNO4/c1-19-13-10(15)4-9(5-11(16)14(17)18)6-12(13)20-7-8-2-3-8/h4,6,8,11H,2-3,5,7,16H2,1H3,(H,17,18). The third-order valence-corrected chi connectivity index (χ3v) is 3.50. The Morgan fingerprint density at radius 2 is 2.25 bits per heavy atom. The van der Waals surface area contributed by atoms with Crippen molar-refractivity contribution >= 4 is 17.6 Å². The third kappa shape index (κ3) is 3.77. The second-order valence-electron chi connectivity index (χ2n) is 5.01.